The van der Waals surface area contributed by atoms with E-state index in [2.05, 4.69) is 24.3 Å². The second-order valence-corrected chi connectivity index (χ2v) is 11.7. The Bertz CT molecular complexity index is 1630. The molecule has 1 atom stereocenters. The van der Waals surface area contributed by atoms with Crippen LogP contribution in [-0.4, -0.2) is 44.8 Å². The molecule has 0 N–H and O–H groups in total. The number of thioether (sulfide) groups is 2. The fourth-order valence-electron chi connectivity index (χ4n) is 4.93. The Balaban J connectivity index is 1.31. The smallest absolute Gasteiger partial charge is 0.272 e. The molecule has 2 aliphatic rings. The van der Waals surface area contributed by atoms with Crippen molar-refractivity contribution in [3.8, 4) is 11.4 Å². The molecule has 1 aromatic heterocycles. The van der Waals surface area contributed by atoms with Crippen molar-refractivity contribution in [3.05, 3.63) is 112 Å². The van der Waals surface area contributed by atoms with Crippen molar-refractivity contribution in [2.75, 3.05) is 18.6 Å². The highest BCUT2D eigenvalue weighted by molar-refractivity contribution is 8.00. The number of aryl methyl sites for hydroxylation is 2. The minimum atomic E-state index is -0.216. The first-order valence-corrected chi connectivity index (χ1v) is 15.1. The summed E-state index contributed by atoms with van der Waals surface area (Å²) in [7, 11) is 1.64. The van der Waals surface area contributed by atoms with Crippen molar-refractivity contribution in [1.29, 1.82) is 0 Å². The maximum Gasteiger partial charge on any atom is 0.272 e. The van der Waals surface area contributed by atoms with E-state index >= 15 is 0 Å². The van der Waals surface area contributed by atoms with Crippen LogP contribution in [0, 0.1) is 6.92 Å². The van der Waals surface area contributed by atoms with Crippen molar-refractivity contribution in [2.45, 2.75) is 35.9 Å². The summed E-state index contributed by atoms with van der Waals surface area (Å²) < 4.78 is 6.93. The first-order chi connectivity index (χ1) is 19.5. The van der Waals surface area contributed by atoms with Gasteiger partial charge in [-0.15, -0.1) is 11.8 Å². The zero-order valence-corrected chi connectivity index (χ0v) is 23.9. The summed E-state index contributed by atoms with van der Waals surface area (Å²) in [5.41, 5.74) is 5.47. The number of hydrazone groups is 1. The van der Waals surface area contributed by atoms with Crippen LogP contribution in [0.25, 0.3) is 5.69 Å². The number of carbonyl (C=O) groups is 1. The number of carbonyl (C=O) groups excluding carboxylic acids is 1. The minimum absolute atomic E-state index is 0.0767. The van der Waals surface area contributed by atoms with Crippen LogP contribution in [0.2, 0.25) is 0 Å². The van der Waals surface area contributed by atoms with Crippen LogP contribution < -0.4 is 10.3 Å². The Morgan fingerprint density at radius 1 is 1.05 bits per heavy atom. The number of benzene rings is 3. The predicted octanol–water partition coefficient (Wildman–Crippen LogP) is 5.67. The van der Waals surface area contributed by atoms with Gasteiger partial charge in [0.05, 0.1) is 40.9 Å². The van der Waals surface area contributed by atoms with Gasteiger partial charge in [-0.2, -0.15) is 5.10 Å². The molecule has 3 aromatic carbocycles. The Kier molecular flexibility index (Phi) is 7.49. The topological polar surface area (TPSA) is 76.8 Å². The van der Waals surface area contributed by atoms with Crippen molar-refractivity contribution < 1.29 is 9.53 Å². The summed E-state index contributed by atoms with van der Waals surface area (Å²) >= 11 is 2.83. The molecule has 6 rings (SSSR count). The highest BCUT2D eigenvalue weighted by Crippen LogP contribution is 2.35. The maximum atomic E-state index is 13.8. The van der Waals surface area contributed by atoms with Gasteiger partial charge in [0.2, 0.25) is 0 Å². The Labute approximate surface area is 241 Å². The number of rotatable bonds is 7. The number of ether oxygens (including phenoxy) is 1. The summed E-state index contributed by atoms with van der Waals surface area (Å²) in [5, 5.41) is 6.94. The van der Waals surface area contributed by atoms with E-state index in [1.165, 1.54) is 11.8 Å². The monoisotopic (exact) mass is 568 g/mol. The highest BCUT2D eigenvalue weighted by Gasteiger charge is 2.33. The van der Waals surface area contributed by atoms with Gasteiger partial charge in [-0.3, -0.25) is 14.2 Å². The lowest BCUT2D eigenvalue weighted by Crippen LogP contribution is -2.29. The van der Waals surface area contributed by atoms with E-state index in [1.807, 2.05) is 61.5 Å². The second-order valence-electron chi connectivity index (χ2n) is 9.68. The molecular formula is C31H28N4O3S2. The Hall–Kier alpha value is -3.82. The van der Waals surface area contributed by atoms with Crippen LogP contribution in [0.3, 0.4) is 0 Å². The molecule has 4 aromatic rings. The number of amides is 1. The van der Waals surface area contributed by atoms with Crippen LogP contribution in [0.15, 0.2) is 98.8 Å². The van der Waals surface area contributed by atoms with Gasteiger partial charge in [-0.25, -0.2) is 9.99 Å². The van der Waals surface area contributed by atoms with Crippen LogP contribution >= 0.6 is 23.5 Å². The van der Waals surface area contributed by atoms with Crippen molar-refractivity contribution >= 4 is 35.1 Å². The Morgan fingerprint density at radius 2 is 1.80 bits per heavy atom. The molecule has 9 heteroatoms. The van der Waals surface area contributed by atoms with Gasteiger partial charge in [0.1, 0.15) is 5.75 Å². The number of fused-ring (bicyclic) bond motifs is 1. The highest BCUT2D eigenvalue weighted by atomic mass is 32.2. The maximum absolute atomic E-state index is 13.8. The zero-order valence-electron chi connectivity index (χ0n) is 22.2. The molecule has 0 spiro atoms. The SMILES string of the molecule is COc1ccc(C2=NN(C(=O)CSc3nc4c(c(=O)n3-c3ccccc3)SCC4)C(c3ccc(C)cc3)C2)cc1. The summed E-state index contributed by atoms with van der Waals surface area (Å²) in [4.78, 5) is 32.8. The van der Waals surface area contributed by atoms with E-state index in [1.54, 1.807) is 28.4 Å². The average molecular weight is 569 g/mol. The third-order valence-electron chi connectivity index (χ3n) is 7.06. The van der Waals surface area contributed by atoms with E-state index in [9.17, 15) is 9.59 Å². The molecular weight excluding hydrogens is 541 g/mol. The fourth-order valence-corrected chi connectivity index (χ4v) is 6.84. The van der Waals surface area contributed by atoms with Crippen LogP contribution in [-0.2, 0) is 11.2 Å². The molecule has 40 heavy (non-hydrogen) atoms. The molecule has 1 amide bonds. The van der Waals surface area contributed by atoms with Gasteiger partial charge in [0.25, 0.3) is 11.5 Å². The standard InChI is InChI=1S/C31H28N4O3S2/c1-20-8-10-22(11-9-20)27-18-26(21-12-14-24(38-2)15-13-21)33-35(27)28(36)19-40-31-32-25-16-17-39-29(25)30(37)34(31)23-6-4-3-5-7-23/h3-15,27H,16-19H2,1-2H3. The molecule has 3 heterocycles. The molecule has 202 valence electrons. The van der Waals surface area contributed by atoms with E-state index in [0.717, 1.165) is 51.7 Å². The number of aromatic nitrogens is 2. The minimum Gasteiger partial charge on any atom is -0.497 e. The van der Waals surface area contributed by atoms with Gasteiger partial charge in [0, 0.05) is 18.6 Å². The Morgan fingerprint density at radius 3 is 2.52 bits per heavy atom. The fraction of sp³-hybridized carbons (Fsp3) is 0.226. The van der Waals surface area contributed by atoms with Crippen molar-refractivity contribution in [3.63, 3.8) is 0 Å². The first-order valence-electron chi connectivity index (χ1n) is 13.1. The molecule has 0 fully saturated rings. The number of para-hydroxylation sites is 1. The molecule has 7 nitrogen and oxygen atoms in total. The van der Waals surface area contributed by atoms with Crippen molar-refractivity contribution in [2.24, 2.45) is 5.10 Å². The molecule has 0 radical (unpaired) electrons. The van der Waals surface area contributed by atoms with Gasteiger partial charge in [-0.05, 0) is 54.4 Å². The van der Waals surface area contributed by atoms with Gasteiger partial charge in [0.15, 0.2) is 5.16 Å². The quantitative estimate of drug-likeness (QED) is 0.211. The average Bonchev–Trinajstić information content (AvgIpc) is 3.65. The number of methoxy groups -OCH3 is 1. The van der Waals surface area contributed by atoms with Crippen LogP contribution in [0.1, 0.15) is 34.8 Å². The van der Waals surface area contributed by atoms with E-state index in [0.29, 0.717) is 16.5 Å². The predicted molar refractivity (Wildman–Crippen MR) is 160 cm³/mol. The van der Waals surface area contributed by atoms with Gasteiger partial charge >= 0.3 is 0 Å². The molecule has 0 bridgehead atoms. The lowest BCUT2D eigenvalue weighted by Gasteiger charge is -2.22. The zero-order chi connectivity index (χ0) is 27.6. The number of hydrogen-bond donors (Lipinski definition) is 0. The second kappa shape index (κ2) is 11.3. The third-order valence-corrected chi connectivity index (χ3v) is 9.09. The third kappa shape index (κ3) is 5.19. The lowest BCUT2D eigenvalue weighted by atomic mass is 9.97. The number of nitrogens with zero attached hydrogens (tertiary/aromatic N) is 4. The largest absolute Gasteiger partial charge is 0.497 e. The van der Waals surface area contributed by atoms with Crippen molar-refractivity contribution in [1.82, 2.24) is 14.6 Å². The molecule has 2 aliphatic heterocycles. The van der Waals surface area contributed by atoms with Crippen LogP contribution in [0.4, 0.5) is 0 Å². The van der Waals surface area contributed by atoms with Crippen LogP contribution in [0.5, 0.6) is 5.75 Å². The summed E-state index contributed by atoms with van der Waals surface area (Å²) in [5.74, 6) is 1.58. The summed E-state index contributed by atoms with van der Waals surface area (Å²) in [6.07, 6.45) is 1.36. The molecule has 0 aliphatic carbocycles. The first kappa shape index (κ1) is 26.4. The summed E-state index contributed by atoms with van der Waals surface area (Å²) in [6.45, 7) is 2.05. The van der Waals surface area contributed by atoms with Gasteiger partial charge < -0.3 is 4.74 Å². The van der Waals surface area contributed by atoms with E-state index in [4.69, 9.17) is 14.8 Å². The number of hydrogen-bond acceptors (Lipinski definition) is 7. The lowest BCUT2D eigenvalue weighted by molar-refractivity contribution is -0.130. The summed E-state index contributed by atoms with van der Waals surface area (Å²) in [6, 6.07) is 25.3. The van der Waals surface area contributed by atoms with E-state index < -0.39 is 0 Å². The molecule has 1 unspecified atom stereocenters. The van der Waals surface area contributed by atoms with E-state index in [-0.39, 0.29) is 23.3 Å². The molecule has 0 saturated heterocycles. The van der Waals surface area contributed by atoms with Gasteiger partial charge in [-0.1, -0.05) is 59.8 Å². The normalized spacial score (nSPS) is 16.1. The molecule has 0 saturated carbocycles.